The van der Waals surface area contributed by atoms with Gasteiger partial charge in [0.1, 0.15) is 11.6 Å². The van der Waals surface area contributed by atoms with Crippen LogP contribution < -0.4 is 0 Å². The molecule has 1 saturated heterocycles. The average Bonchev–Trinajstić information content (AvgIpc) is 2.81. The van der Waals surface area contributed by atoms with E-state index >= 15 is 0 Å². The minimum Gasteiger partial charge on any atom is -0.390 e. The van der Waals surface area contributed by atoms with Gasteiger partial charge in [-0.3, -0.25) is 4.90 Å². The molecule has 0 spiro atoms. The highest BCUT2D eigenvalue weighted by Crippen LogP contribution is 2.39. The molecule has 2 aliphatic rings. The van der Waals surface area contributed by atoms with Crippen LogP contribution in [0.25, 0.3) is 0 Å². The van der Waals surface area contributed by atoms with Crippen LogP contribution in [-0.2, 0) is 13.1 Å². The van der Waals surface area contributed by atoms with Crippen LogP contribution in [0, 0.1) is 12.8 Å². The number of aryl methyl sites for hydroxylation is 1. The molecule has 1 aliphatic heterocycles. The number of hydrogen-bond acceptors (Lipinski definition) is 4. The Morgan fingerprint density at radius 2 is 2.14 bits per heavy atom. The van der Waals surface area contributed by atoms with Gasteiger partial charge in [0.05, 0.1) is 12.1 Å². The first-order chi connectivity index (χ1) is 10.1. The van der Waals surface area contributed by atoms with Crippen molar-refractivity contribution in [3.8, 4) is 0 Å². The first-order valence-electron chi connectivity index (χ1n) is 8.46. The molecule has 2 atom stereocenters. The van der Waals surface area contributed by atoms with Crippen LogP contribution in [0.1, 0.15) is 57.1 Å². The lowest BCUT2D eigenvalue weighted by Crippen LogP contribution is -2.53. The van der Waals surface area contributed by atoms with Crippen molar-refractivity contribution in [3.05, 3.63) is 11.6 Å². The number of rotatable bonds is 4. The van der Waals surface area contributed by atoms with Gasteiger partial charge in [-0.2, -0.15) is 0 Å². The van der Waals surface area contributed by atoms with Crippen LogP contribution in [0.3, 0.4) is 0 Å². The third-order valence-electron chi connectivity index (χ3n) is 5.34. The maximum absolute atomic E-state index is 10.8. The van der Waals surface area contributed by atoms with E-state index in [2.05, 4.69) is 26.6 Å². The number of piperidine rings is 1. The second-order valence-electron chi connectivity index (χ2n) is 6.85. The molecule has 0 amide bonds. The smallest absolute Gasteiger partial charge is 0.147 e. The van der Waals surface area contributed by atoms with Crippen molar-refractivity contribution in [1.29, 1.82) is 0 Å². The fourth-order valence-electron chi connectivity index (χ4n) is 4.04. The lowest BCUT2D eigenvalue weighted by atomic mass is 9.71. The van der Waals surface area contributed by atoms with Crippen molar-refractivity contribution in [3.63, 3.8) is 0 Å². The van der Waals surface area contributed by atoms with E-state index in [4.69, 9.17) is 0 Å². The third kappa shape index (κ3) is 2.99. The zero-order valence-electron chi connectivity index (χ0n) is 13.4. The molecule has 21 heavy (non-hydrogen) atoms. The number of likely N-dealkylation sites (tertiary alicyclic amines) is 1. The highest BCUT2D eigenvalue weighted by atomic mass is 16.3. The third-order valence-corrected chi connectivity index (χ3v) is 5.34. The largest absolute Gasteiger partial charge is 0.390 e. The Labute approximate surface area is 127 Å². The average molecular weight is 292 g/mol. The summed E-state index contributed by atoms with van der Waals surface area (Å²) in [6, 6.07) is 0. The van der Waals surface area contributed by atoms with Crippen LogP contribution in [0.4, 0.5) is 0 Å². The maximum atomic E-state index is 10.8. The van der Waals surface area contributed by atoms with Gasteiger partial charge in [0.25, 0.3) is 0 Å². The molecule has 1 N–H and O–H groups in total. The SMILES string of the molecule is CCCn1c(C)nnc1CN1CCC2(O)CCCCC2C1. The summed E-state index contributed by atoms with van der Waals surface area (Å²) >= 11 is 0. The van der Waals surface area contributed by atoms with Gasteiger partial charge in [-0.15, -0.1) is 10.2 Å². The minimum atomic E-state index is -0.387. The fourth-order valence-corrected chi connectivity index (χ4v) is 4.04. The minimum absolute atomic E-state index is 0.387. The summed E-state index contributed by atoms with van der Waals surface area (Å²) in [7, 11) is 0. The number of hydrogen-bond donors (Lipinski definition) is 1. The highest BCUT2D eigenvalue weighted by molar-refractivity contribution is 4.99. The number of nitrogens with zero attached hydrogens (tertiary/aromatic N) is 4. The predicted molar refractivity (Wildman–Crippen MR) is 81.9 cm³/mol. The van der Waals surface area contributed by atoms with Gasteiger partial charge in [-0.1, -0.05) is 19.8 Å². The molecule has 0 aromatic carbocycles. The lowest BCUT2D eigenvalue weighted by Gasteiger charge is -2.47. The summed E-state index contributed by atoms with van der Waals surface area (Å²) < 4.78 is 2.24. The molecule has 2 heterocycles. The van der Waals surface area contributed by atoms with Crippen molar-refractivity contribution in [2.45, 2.75) is 71.1 Å². The van der Waals surface area contributed by atoms with E-state index in [1.54, 1.807) is 0 Å². The summed E-state index contributed by atoms with van der Waals surface area (Å²) in [6.45, 7) is 8.07. The molecular formula is C16H28N4O. The first-order valence-corrected chi connectivity index (χ1v) is 8.46. The molecule has 1 aliphatic carbocycles. The molecule has 2 unspecified atom stereocenters. The van der Waals surface area contributed by atoms with Crippen LogP contribution in [-0.4, -0.2) is 43.5 Å². The second-order valence-corrected chi connectivity index (χ2v) is 6.85. The Kier molecular flexibility index (Phi) is 4.31. The molecule has 118 valence electrons. The molecule has 2 fully saturated rings. The van der Waals surface area contributed by atoms with Crippen molar-refractivity contribution < 1.29 is 5.11 Å². The van der Waals surface area contributed by atoms with E-state index in [0.29, 0.717) is 5.92 Å². The van der Waals surface area contributed by atoms with Crippen LogP contribution >= 0.6 is 0 Å². The zero-order valence-corrected chi connectivity index (χ0v) is 13.4. The van der Waals surface area contributed by atoms with Crippen molar-refractivity contribution >= 4 is 0 Å². The number of aromatic nitrogens is 3. The summed E-state index contributed by atoms with van der Waals surface area (Å²) in [4.78, 5) is 2.46. The van der Waals surface area contributed by atoms with Crippen LogP contribution in [0.2, 0.25) is 0 Å². The van der Waals surface area contributed by atoms with E-state index < -0.39 is 0 Å². The summed E-state index contributed by atoms with van der Waals surface area (Å²) in [6.07, 6.45) is 6.65. The predicted octanol–water partition coefficient (Wildman–Crippen LogP) is 2.12. The quantitative estimate of drug-likeness (QED) is 0.923. The standard InChI is InChI=1S/C16H28N4O/c1-3-9-20-13(2)17-18-15(20)12-19-10-8-16(21)7-5-4-6-14(16)11-19/h14,21H,3-12H2,1-2H3. The number of aliphatic hydroxyl groups is 1. The van der Waals surface area contributed by atoms with Gasteiger partial charge < -0.3 is 9.67 Å². The molecule has 1 aromatic rings. The van der Waals surface area contributed by atoms with Gasteiger partial charge in [0.15, 0.2) is 0 Å². The Morgan fingerprint density at radius 3 is 2.95 bits per heavy atom. The van der Waals surface area contributed by atoms with Gasteiger partial charge in [-0.25, -0.2) is 0 Å². The summed E-state index contributed by atoms with van der Waals surface area (Å²) in [5.41, 5.74) is -0.387. The van der Waals surface area contributed by atoms with E-state index in [-0.39, 0.29) is 5.60 Å². The van der Waals surface area contributed by atoms with Crippen molar-refractivity contribution in [2.24, 2.45) is 5.92 Å². The molecule has 5 heteroatoms. The summed E-state index contributed by atoms with van der Waals surface area (Å²) in [5.74, 6) is 2.54. The first kappa shape index (κ1) is 15.0. The Hall–Kier alpha value is -0.940. The number of fused-ring (bicyclic) bond motifs is 1. The fraction of sp³-hybridized carbons (Fsp3) is 0.875. The zero-order chi connectivity index (χ0) is 14.9. The molecular weight excluding hydrogens is 264 g/mol. The second kappa shape index (κ2) is 6.05. The van der Waals surface area contributed by atoms with Crippen molar-refractivity contribution in [1.82, 2.24) is 19.7 Å². The molecule has 5 nitrogen and oxygen atoms in total. The van der Waals surface area contributed by atoms with Crippen LogP contribution in [0.15, 0.2) is 0 Å². The lowest BCUT2D eigenvalue weighted by molar-refractivity contribution is -0.0972. The van der Waals surface area contributed by atoms with Crippen LogP contribution in [0.5, 0.6) is 0 Å². The van der Waals surface area contributed by atoms with E-state index in [1.165, 1.54) is 19.3 Å². The molecule has 0 radical (unpaired) electrons. The highest BCUT2D eigenvalue weighted by Gasteiger charge is 2.42. The van der Waals surface area contributed by atoms with Gasteiger partial charge in [0.2, 0.25) is 0 Å². The molecule has 1 saturated carbocycles. The molecule has 1 aromatic heterocycles. The molecule has 0 bridgehead atoms. The van der Waals surface area contributed by atoms with Gasteiger partial charge in [-0.05, 0) is 32.6 Å². The Bertz CT molecular complexity index is 487. The summed E-state index contributed by atoms with van der Waals surface area (Å²) in [5, 5.41) is 19.3. The normalized spacial score (nSPS) is 30.3. The van der Waals surface area contributed by atoms with E-state index in [1.807, 2.05) is 6.92 Å². The van der Waals surface area contributed by atoms with Crippen molar-refractivity contribution in [2.75, 3.05) is 13.1 Å². The Balaban J connectivity index is 1.66. The topological polar surface area (TPSA) is 54.2 Å². The Morgan fingerprint density at radius 1 is 1.29 bits per heavy atom. The van der Waals surface area contributed by atoms with Gasteiger partial charge in [0, 0.05) is 25.6 Å². The van der Waals surface area contributed by atoms with Gasteiger partial charge >= 0.3 is 0 Å². The maximum Gasteiger partial charge on any atom is 0.147 e. The van der Waals surface area contributed by atoms with E-state index in [9.17, 15) is 5.11 Å². The monoisotopic (exact) mass is 292 g/mol. The van der Waals surface area contributed by atoms with E-state index in [0.717, 1.165) is 57.1 Å². The molecule has 3 rings (SSSR count).